The monoisotopic (exact) mass is 260 g/mol. The van der Waals surface area contributed by atoms with Gasteiger partial charge in [-0.25, -0.2) is 0 Å². The van der Waals surface area contributed by atoms with Gasteiger partial charge in [0.25, 0.3) is 0 Å². The number of aliphatic hydroxyl groups is 1. The number of aliphatic hydroxyl groups excluding tert-OH is 1. The summed E-state index contributed by atoms with van der Waals surface area (Å²) in [5.74, 6) is 0. The molecule has 0 saturated heterocycles. The maximum absolute atomic E-state index is 9.46. The van der Waals surface area contributed by atoms with Crippen LogP contribution in [-0.2, 0) is 0 Å². The fourth-order valence-electron chi connectivity index (χ4n) is 2.42. The number of anilines is 1. The van der Waals surface area contributed by atoms with Crippen LogP contribution < -0.4 is 4.90 Å². The van der Waals surface area contributed by atoms with Gasteiger partial charge >= 0.3 is 0 Å². The van der Waals surface area contributed by atoms with Crippen molar-refractivity contribution in [3.05, 3.63) is 35.7 Å². The van der Waals surface area contributed by atoms with Gasteiger partial charge in [0, 0.05) is 13.1 Å². The van der Waals surface area contributed by atoms with E-state index in [1.807, 2.05) is 18.3 Å². The van der Waals surface area contributed by atoms with Gasteiger partial charge in [0.05, 0.1) is 23.7 Å². The molecule has 2 rings (SSSR count). The van der Waals surface area contributed by atoms with Crippen LogP contribution in [0.25, 0.3) is 0 Å². The summed E-state index contributed by atoms with van der Waals surface area (Å²) in [6.07, 6.45) is 4.81. The molecule has 0 fully saturated rings. The van der Waals surface area contributed by atoms with Crippen molar-refractivity contribution in [1.29, 1.82) is 0 Å². The van der Waals surface area contributed by atoms with E-state index in [0.717, 1.165) is 30.9 Å². The Morgan fingerprint density at radius 2 is 2.05 bits per heavy atom. The van der Waals surface area contributed by atoms with Crippen LogP contribution in [0.4, 0.5) is 5.69 Å². The van der Waals surface area contributed by atoms with Gasteiger partial charge in [-0.3, -0.25) is 4.98 Å². The van der Waals surface area contributed by atoms with Gasteiger partial charge in [0.15, 0.2) is 0 Å². The molecule has 3 heteroatoms. The van der Waals surface area contributed by atoms with Crippen LogP contribution in [0.2, 0.25) is 0 Å². The maximum Gasteiger partial charge on any atom is 0.0931 e. The first-order valence-electron chi connectivity index (χ1n) is 6.96. The van der Waals surface area contributed by atoms with Crippen molar-refractivity contribution in [2.75, 3.05) is 18.0 Å². The minimum atomic E-state index is -0.497. The standard InChI is InChI=1S/C16H24N2O/c1-12(19)15-6-5-14(11-17-15)18-9-7-13(8-10-18)16(2,3)4/h5-7,11-12,19H,8-10H2,1-4H3/t12-/m1/s1. The number of aromatic nitrogens is 1. The maximum atomic E-state index is 9.46. The van der Waals surface area contributed by atoms with E-state index in [4.69, 9.17) is 0 Å². The zero-order valence-electron chi connectivity index (χ0n) is 12.3. The fourth-order valence-corrected chi connectivity index (χ4v) is 2.42. The average molecular weight is 260 g/mol. The number of nitrogens with zero attached hydrogens (tertiary/aromatic N) is 2. The summed E-state index contributed by atoms with van der Waals surface area (Å²) in [5.41, 5.74) is 3.68. The van der Waals surface area contributed by atoms with E-state index >= 15 is 0 Å². The van der Waals surface area contributed by atoms with Gasteiger partial charge in [0.2, 0.25) is 0 Å². The summed E-state index contributed by atoms with van der Waals surface area (Å²) in [7, 11) is 0. The summed E-state index contributed by atoms with van der Waals surface area (Å²) in [4.78, 5) is 6.64. The topological polar surface area (TPSA) is 36.4 Å². The second kappa shape index (κ2) is 5.33. The molecule has 0 radical (unpaired) electrons. The second-order valence-corrected chi connectivity index (χ2v) is 6.29. The summed E-state index contributed by atoms with van der Waals surface area (Å²) in [5, 5.41) is 9.46. The smallest absolute Gasteiger partial charge is 0.0931 e. The van der Waals surface area contributed by atoms with Crippen molar-refractivity contribution in [3.8, 4) is 0 Å². The average Bonchev–Trinajstić information content (AvgIpc) is 2.38. The Morgan fingerprint density at radius 3 is 2.47 bits per heavy atom. The molecule has 1 aromatic rings. The third-order valence-corrected chi connectivity index (χ3v) is 3.74. The van der Waals surface area contributed by atoms with E-state index in [1.54, 1.807) is 6.92 Å². The van der Waals surface area contributed by atoms with Crippen molar-refractivity contribution in [2.24, 2.45) is 5.41 Å². The Kier molecular flexibility index (Phi) is 3.95. The highest BCUT2D eigenvalue weighted by Crippen LogP contribution is 2.31. The van der Waals surface area contributed by atoms with Gasteiger partial charge in [0.1, 0.15) is 0 Å². The molecule has 3 nitrogen and oxygen atoms in total. The molecule has 2 heterocycles. The van der Waals surface area contributed by atoms with Gasteiger partial charge in [-0.2, -0.15) is 0 Å². The molecule has 0 saturated carbocycles. The van der Waals surface area contributed by atoms with Gasteiger partial charge < -0.3 is 10.0 Å². The van der Waals surface area contributed by atoms with Crippen LogP contribution in [0.1, 0.15) is 45.9 Å². The Hall–Kier alpha value is -1.35. The zero-order valence-corrected chi connectivity index (χ0v) is 12.3. The molecular formula is C16H24N2O. The lowest BCUT2D eigenvalue weighted by molar-refractivity contribution is 0.194. The van der Waals surface area contributed by atoms with E-state index in [2.05, 4.69) is 36.7 Å². The van der Waals surface area contributed by atoms with Crippen molar-refractivity contribution >= 4 is 5.69 Å². The number of hydrogen-bond donors (Lipinski definition) is 1. The molecule has 0 amide bonds. The van der Waals surface area contributed by atoms with Gasteiger partial charge in [-0.15, -0.1) is 0 Å². The molecule has 0 aliphatic carbocycles. The molecule has 1 aliphatic heterocycles. The molecule has 1 aliphatic rings. The highest BCUT2D eigenvalue weighted by atomic mass is 16.3. The molecule has 1 N–H and O–H groups in total. The zero-order chi connectivity index (χ0) is 14.0. The van der Waals surface area contributed by atoms with Crippen molar-refractivity contribution in [1.82, 2.24) is 4.98 Å². The quantitative estimate of drug-likeness (QED) is 0.829. The molecule has 0 spiro atoms. The highest BCUT2D eigenvalue weighted by molar-refractivity contribution is 5.47. The molecule has 19 heavy (non-hydrogen) atoms. The van der Waals surface area contributed by atoms with E-state index in [1.165, 1.54) is 5.57 Å². The summed E-state index contributed by atoms with van der Waals surface area (Å²) < 4.78 is 0. The third kappa shape index (κ3) is 3.35. The van der Waals surface area contributed by atoms with Crippen LogP contribution in [0.3, 0.4) is 0 Å². The molecule has 1 atom stereocenters. The molecule has 104 valence electrons. The van der Waals surface area contributed by atoms with E-state index in [0.29, 0.717) is 0 Å². The molecule has 0 bridgehead atoms. The predicted octanol–water partition coefficient (Wildman–Crippen LogP) is 3.32. The van der Waals surface area contributed by atoms with Crippen LogP contribution >= 0.6 is 0 Å². The SMILES string of the molecule is C[C@@H](O)c1ccc(N2CC=C(C(C)(C)C)CC2)cn1. The van der Waals surface area contributed by atoms with E-state index in [-0.39, 0.29) is 5.41 Å². The number of pyridine rings is 1. The van der Waals surface area contributed by atoms with Crippen LogP contribution in [0.5, 0.6) is 0 Å². The lowest BCUT2D eigenvalue weighted by Gasteiger charge is -2.33. The fraction of sp³-hybridized carbons (Fsp3) is 0.562. The molecular weight excluding hydrogens is 236 g/mol. The van der Waals surface area contributed by atoms with Gasteiger partial charge in [-0.1, -0.05) is 32.4 Å². The Bertz CT molecular complexity index is 455. The third-order valence-electron chi connectivity index (χ3n) is 3.74. The lowest BCUT2D eigenvalue weighted by Crippen LogP contribution is -2.31. The molecule has 1 aromatic heterocycles. The van der Waals surface area contributed by atoms with Crippen molar-refractivity contribution in [3.63, 3.8) is 0 Å². The summed E-state index contributed by atoms with van der Waals surface area (Å²) in [6.45, 7) is 10.5. The van der Waals surface area contributed by atoms with E-state index in [9.17, 15) is 5.11 Å². The number of rotatable bonds is 2. The largest absolute Gasteiger partial charge is 0.387 e. The first-order valence-corrected chi connectivity index (χ1v) is 6.96. The Morgan fingerprint density at radius 1 is 1.32 bits per heavy atom. The van der Waals surface area contributed by atoms with Crippen LogP contribution in [-0.4, -0.2) is 23.2 Å². The minimum Gasteiger partial charge on any atom is -0.387 e. The van der Waals surface area contributed by atoms with E-state index < -0.39 is 6.10 Å². The first kappa shape index (κ1) is 14.1. The lowest BCUT2D eigenvalue weighted by atomic mass is 9.83. The van der Waals surface area contributed by atoms with Gasteiger partial charge in [-0.05, 0) is 30.9 Å². The van der Waals surface area contributed by atoms with Crippen molar-refractivity contribution < 1.29 is 5.11 Å². The normalized spacial score (nSPS) is 18.2. The summed E-state index contributed by atoms with van der Waals surface area (Å²) in [6, 6.07) is 3.95. The molecule has 0 aromatic carbocycles. The summed E-state index contributed by atoms with van der Waals surface area (Å²) >= 11 is 0. The highest BCUT2D eigenvalue weighted by Gasteiger charge is 2.21. The first-order chi connectivity index (χ1) is 8.88. The Balaban J connectivity index is 2.07. The minimum absolute atomic E-state index is 0.278. The molecule has 0 unspecified atom stereocenters. The predicted molar refractivity (Wildman–Crippen MR) is 79.2 cm³/mol. The van der Waals surface area contributed by atoms with Crippen molar-refractivity contribution in [2.45, 2.75) is 40.2 Å². The second-order valence-electron chi connectivity index (χ2n) is 6.29. The van der Waals surface area contributed by atoms with Crippen LogP contribution in [0, 0.1) is 5.41 Å². The number of hydrogen-bond acceptors (Lipinski definition) is 3. The van der Waals surface area contributed by atoms with Crippen LogP contribution in [0.15, 0.2) is 30.0 Å². The Labute approximate surface area is 116 Å².